The zero-order valence-electron chi connectivity index (χ0n) is 15.0. The van der Waals surface area contributed by atoms with Crippen molar-refractivity contribution in [2.24, 2.45) is 5.92 Å². The summed E-state index contributed by atoms with van der Waals surface area (Å²) in [5.74, 6) is 0.782. The third kappa shape index (κ3) is 4.72. The molecule has 0 unspecified atom stereocenters. The first-order valence-electron chi connectivity index (χ1n) is 8.66. The van der Waals surface area contributed by atoms with E-state index in [4.69, 9.17) is 13.3 Å². The molecule has 0 spiro atoms. The highest BCUT2D eigenvalue weighted by atomic mass is 32.2. The summed E-state index contributed by atoms with van der Waals surface area (Å²) in [6.45, 7) is 6.92. The molecule has 3 rings (SSSR count). The van der Waals surface area contributed by atoms with Crippen LogP contribution in [-0.4, -0.2) is 34.7 Å². The maximum Gasteiger partial charge on any atom is 0.271 e. The molecular weight excluding hydrogens is 356 g/mol. The van der Waals surface area contributed by atoms with Gasteiger partial charge in [0.1, 0.15) is 0 Å². The number of hydrogen-bond donors (Lipinski definition) is 0. The van der Waals surface area contributed by atoms with Crippen LogP contribution in [0.2, 0.25) is 19.6 Å². The van der Waals surface area contributed by atoms with Gasteiger partial charge < -0.3 is 9.16 Å². The van der Waals surface area contributed by atoms with Crippen molar-refractivity contribution in [3.05, 3.63) is 47.7 Å². The molecule has 0 N–H and O–H groups in total. The molecule has 0 saturated carbocycles. The average molecular weight is 383 g/mol. The summed E-state index contributed by atoms with van der Waals surface area (Å²) in [7, 11) is -5.26. The molecule has 0 bridgehead atoms. The number of allylic oxidation sites excluding steroid dienone is 2. The van der Waals surface area contributed by atoms with E-state index in [1.807, 2.05) is 36.4 Å². The molecule has 1 heterocycles. The fraction of sp³-hybridized carbons (Fsp3) is 0.556. The molecule has 0 radical (unpaired) electrons. The monoisotopic (exact) mass is 382 g/mol. The molecule has 5 nitrogen and oxygen atoms in total. The van der Waals surface area contributed by atoms with Gasteiger partial charge in [-0.15, -0.1) is 0 Å². The molecule has 1 aromatic carbocycles. The van der Waals surface area contributed by atoms with Crippen molar-refractivity contribution < 1.29 is 21.8 Å². The lowest BCUT2D eigenvalue weighted by atomic mass is 9.87. The standard InChI is InChI=1S/C18H26O5SSi/c1-25(2,3)23-15-9-10-18-16(11-15)17(13-22-24(18,19)20)21-12-14-7-5-4-6-8-14/h4-9,16-18H,10-13H2,1-3H3/t16-,17-,18+/m1/s1. The van der Waals surface area contributed by atoms with Gasteiger partial charge in [-0.25, -0.2) is 0 Å². The lowest BCUT2D eigenvalue weighted by Crippen LogP contribution is -2.49. The summed E-state index contributed by atoms with van der Waals surface area (Å²) in [6, 6.07) is 9.89. The van der Waals surface area contributed by atoms with E-state index in [1.165, 1.54) is 0 Å². The normalized spacial score (nSPS) is 28.8. The van der Waals surface area contributed by atoms with Crippen molar-refractivity contribution in [1.82, 2.24) is 0 Å². The molecule has 3 atom stereocenters. The van der Waals surface area contributed by atoms with Gasteiger partial charge in [0.25, 0.3) is 10.1 Å². The minimum Gasteiger partial charge on any atom is -0.548 e. The predicted molar refractivity (Wildman–Crippen MR) is 98.9 cm³/mol. The van der Waals surface area contributed by atoms with E-state index < -0.39 is 23.7 Å². The maximum atomic E-state index is 12.3. The van der Waals surface area contributed by atoms with Crippen LogP contribution in [0.1, 0.15) is 18.4 Å². The number of fused-ring (bicyclic) bond motifs is 1. The molecule has 1 aliphatic carbocycles. The Kier molecular flexibility index (Phi) is 5.39. The molecule has 1 fully saturated rings. The Bertz CT molecular complexity index is 724. The fourth-order valence-corrected chi connectivity index (χ4v) is 5.85. The van der Waals surface area contributed by atoms with Gasteiger partial charge >= 0.3 is 0 Å². The van der Waals surface area contributed by atoms with Crippen molar-refractivity contribution in [3.8, 4) is 0 Å². The molecule has 0 amide bonds. The first kappa shape index (κ1) is 18.6. The zero-order chi connectivity index (χ0) is 18.1. The molecule has 1 aliphatic heterocycles. The number of benzene rings is 1. The smallest absolute Gasteiger partial charge is 0.271 e. The minimum atomic E-state index is -3.54. The van der Waals surface area contributed by atoms with Crippen LogP contribution in [0.5, 0.6) is 0 Å². The molecule has 138 valence electrons. The van der Waals surface area contributed by atoms with E-state index in [1.54, 1.807) is 0 Å². The Morgan fingerprint density at radius 2 is 1.92 bits per heavy atom. The van der Waals surface area contributed by atoms with E-state index >= 15 is 0 Å². The third-order valence-electron chi connectivity index (χ3n) is 4.48. The Morgan fingerprint density at radius 3 is 2.60 bits per heavy atom. The molecule has 7 heteroatoms. The Balaban J connectivity index is 1.73. The van der Waals surface area contributed by atoms with E-state index in [0.717, 1.165) is 11.3 Å². The van der Waals surface area contributed by atoms with Crippen LogP contribution in [0, 0.1) is 5.92 Å². The van der Waals surface area contributed by atoms with Crippen LogP contribution in [-0.2, 0) is 30.1 Å². The van der Waals surface area contributed by atoms with Gasteiger partial charge in [0.15, 0.2) is 0 Å². The second-order valence-electron chi connectivity index (χ2n) is 7.64. The SMILES string of the molecule is C[Si](C)(C)OC1=CC[C@H]2[C@H](C1)[C@H](OCc1ccccc1)COS2(=O)=O. The number of rotatable bonds is 5. The summed E-state index contributed by atoms with van der Waals surface area (Å²) in [4.78, 5) is 0. The quantitative estimate of drug-likeness (QED) is 0.577. The fourth-order valence-electron chi connectivity index (χ4n) is 3.37. The lowest BCUT2D eigenvalue weighted by Gasteiger charge is -2.40. The molecule has 25 heavy (non-hydrogen) atoms. The van der Waals surface area contributed by atoms with Gasteiger partial charge in [-0.3, -0.25) is 4.18 Å². The summed E-state index contributed by atoms with van der Waals surface area (Å²) in [5.41, 5.74) is 1.07. The predicted octanol–water partition coefficient (Wildman–Crippen LogP) is 3.45. The van der Waals surface area contributed by atoms with Crippen molar-refractivity contribution in [2.75, 3.05) is 6.61 Å². The topological polar surface area (TPSA) is 61.8 Å². The van der Waals surface area contributed by atoms with Crippen LogP contribution in [0.4, 0.5) is 0 Å². The molecule has 2 aliphatic rings. The molecule has 0 aromatic heterocycles. The Hall–Kier alpha value is -1.15. The van der Waals surface area contributed by atoms with Gasteiger partial charge in [0.2, 0.25) is 8.32 Å². The Morgan fingerprint density at radius 1 is 1.20 bits per heavy atom. The highest BCUT2D eigenvalue weighted by molar-refractivity contribution is 7.87. The molecule has 1 saturated heterocycles. The van der Waals surface area contributed by atoms with Crippen LogP contribution < -0.4 is 0 Å². The van der Waals surface area contributed by atoms with Gasteiger partial charge in [0.05, 0.1) is 30.3 Å². The zero-order valence-corrected chi connectivity index (χ0v) is 16.8. The van der Waals surface area contributed by atoms with E-state index in [-0.39, 0.29) is 18.6 Å². The van der Waals surface area contributed by atoms with Crippen molar-refractivity contribution >= 4 is 18.4 Å². The van der Waals surface area contributed by atoms with E-state index in [2.05, 4.69) is 19.6 Å². The minimum absolute atomic E-state index is 0.0799. The summed E-state index contributed by atoms with van der Waals surface area (Å²) < 4.78 is 41.9. The summed E-state index contributed by atoms with van der Waals surface area (Å²) in [5, 5.41) is -0.545. The highest BCUT2D eigenvalue weighted by Gasteiger charge is 2.46. The van der Waals surface area contributed by atoms with Crippen molar-refractivity contribution in [1.29, 1.82) is 0 Å². The second-order valence-corrected chi connectivity index (χ2v) is 13.9. The molecule has 1 aromatic rings. The van der Waals surface area contributed by atoms with Gasteiger partial charge in [0, 0.05) is 12.3 Å². The third-order valence-corrected chi connectivity index (χ3v) is 7.10. The van der Waals surface area contributed by atoms with Crippen LogP contribution >= 0.6 is 0 Å². The number of ether oxygens (including phenoxy) is 1. The van der Waals surface area contributed by atoms with E-state index in [0.29, 0.717) is 19.4 Å². The summed E-state index contributed by atoms with van der Waals surface area (Å²) >= 11 is 0. The largest absolute Gasteiger partial charge is 0.548 e. The van der Waals surface area contributed by atoms with Crippen molar-refractivity contribution in [3.63, 3.8) is 0 Å². The first-order chi connectivity index (χ1) is 11.7. The van der Waals surface area contributed by atoms with Gasteiger partial charge in [-0.2, -0.15) is 8.42 Å². The molecular formula is C18H26O5SSi. The Labute approximate surface area is 151 Å². The van der Waals surface area contributed by atoms with Crippen molar-refractivity contribution in [2.45, 2.75) is 50.4 Å². The lowest BCUT2D eigenvalue weighted by molar-refractivity contribution is -0.0419. The van der Waals surface area contributed by atoms with Crippen LogP contribution in [0.25, 0.3) is 0 Å². The second kappa shape index (κ2) is 7.23. The number of hydrogen-bond acceptors (Lipinski definition) is 5. The van der Waals surface area contributed by atoms with Crippen LogP contribution in [0.15, 0.2) is 42.2 Å². The average Bonchev–Trinajstić information content (AvgIpc) is 2.53. The maximum absolute atomic E-state index is 12.3. The first-order valence-corrected chi connectivity index (χ1v) is 13.5. The highest BCUT2D eigenvalue weighted by Crippen LogP contribution is 2.38. The summed E-state index contributed by atoms with van der Waals surface area (Å²) in [6.07, 6.45) is 2.69. The van der Waals surface area contributed by atoms with Crippen LogP contribution in [0.3, 0.4) is 0 Å². The van der Waals surface area contributed by atoms with E-state index in [9.17, 15) is 8.42 Å². The van der Waals surface area contributed by atoms with Gasteiger partial charge in [-0.05, 0) is 37.7 Å². The van der Waals surface area contributed by atoms with Gasteiger partial charge in [-0.1, -0.05) is 30.3 Å².